The number of non-ortho nitro benzene ring substituents is 1. The number of thioether (sulfide) groups is 1. The zero-order valence-corrected chi connectivity index (χ0v) is 12.1. The molecule has 1 atom stereocenters. The summed E-state index contributed by atoms with van der Waals surface area (Å²) < 4.78 is 5.48. The van der Waals surface area contributed by atoms with Gasteiger partial charge in [-0.25, -0.2) is 0 Å². The average molecular weight is 284 g/mol. The van der Waals surface area contributed by atoms with Crippen LogP contribution in [-0.4, -0.2) is 36.1 Å². The second kappa shape index (κ2) is 8.77. The predicted molar refractivity (Wildman–Crippen MR) is 79.1 cm³/mol. The number of nitro benzene ring substituents is 1. The maximum Gasteiger partial charge on any atom is 0.269 e. The van der Waals surface area contributed by atoms with Crippen molar-refractivity contribution in [3.63, 3.8) is 0 Å². The van der Waals surface area contributed by atoms with E-state index >= 15 is 0 Å². The molecular weight excluding hydrogens is 264 g/mol. The summed E-state index contributed by atoms with van der Waals surface area (Å²) in [7, 11) is 0. The number of nitro groups is 1. The van der Waals surface area contributed by atoms with E-state index in [1.807, 2.05) is 11.8 Å². The molecule has 1 aromatic carbocycles. The van der Waals surface area contributed by atoms with Gasteiger partial charge in [-0.1, -0.05) is 6.92 Å². The Bertz CT molecular complexity index is 384. The molecule has 5 nitrogen and oxygen atoms in total. The van der Waals surface area contributed by atoms with Gasteiger partial charge < -0.3 is 10.1 Å². The van der Waals surface area contributed by atoms with E-state index in [0.29, 0.717) is 17.6 Å². The number of nitrogens with one attached hydrogen (secondary N) is 1. The quantitative estimate of drug-likeness (QED) is 0.429. The van der Waals surface area contributed by atoms with E-state index in [0.717, 1.165) is 19.5 Å². The first-order valence-electron chi connectivity index (χ1n) is 6.24. The minimum atomic E-state index is -0.418. The van der Waals surface area contributed by atoms with Crippen LogP contribution in [-0.2, 0) is 0 Å². The predicted octanol–water partition coefficient (Wildman–Crippen LogP) is 2.70. The first-order valence-corrected chi connectivity index (χ1v) is 7.53. The van der Waals surface area contributed by atoms with E-state index < -0.39 is 4.92 Å². The summed E-state index contributed by atoms with van der Waals surface area (Å²) in [6, 6.07) is 6.13. The lowest BCUT2D eigenvalue weighted by molar-refractivity contribution is -0.384. The molecule has 0 aromatic heterocycles. The Morgan fingerprint density at radius 1 is 1.37 bits per heavy atom. The van der Waals surface area contributed by atoms with Gasteiger partial charge >= 0.3 is 0 Å². The number of hydrogen-bond acceptors (Lipinski definition) is 5. The largest absolute Gasteiger partial charge is 0.492 e. The SMILES string of the molecule is CSC(C)CCNCCOc1ccc([N+](=O)[O-])cc1. The summed E-state index contributed by atoms with van der Waals surface area (Å²) >= 11 is 1.86. The number of nitrogens with zero attached hydrogens (tertiary/aromatic N) is 1. The van der Waals surface area contributed by atoms with Gasteiger partial charge in [-0.2, -0.15) is 11.8 Å². The molecule has 0 spiro atoms. The fourth-order valence-corrected chi connectivity index (χ4v) is 1.81. The lowest BCUT2D eigenvalue weighted by Crippen LogP contribution is -2.23. The van der Waals surface area contributed by atoms with Crippen molar-refractivity contribution >= 4 is 17.4 Å². The minimum Gasteiger partial charge on any atom is -0.492 e. The highest BCUT2D eigenvalue weighted by atomic mass is 32.2. The van der Waals surface area contributed by atoms with Gasteiger partial charge in [0.1, 0.15) is 12.4 Å². The molecule has 0 aliphatic heterocycles. The van der Waals surface area contributed by atoms with Crippen molar-refractivity contribution in [1.29, 1.82) is 0 Å². The highest BCUT2D eigenvalue weighted by Crippen LogP contribution is 2.16. The third-order valence-electron chi connectivity index (χ3n) is 2.73. The monoisotopic (exact) mass is 284 g/mol. The van der Waals surface area contributed by atoms with Crippen molar-refractivity contribution in [2.45, 2.75) is 18.6 Å². The Labute approximate surface area is 117 Å². The third-order valence-corrected chi connectivity index (χ3v) is 3.77. The van der Waals surface area contributed by atoms with Gasteiger partial charge in [0, 0.05) is 23.9 Å². The molecule has 0 saturated carbocycles. The van der Waals surface area contributed by atoms with Crippen LogP contribution in [0.25, 0.3) is 0 Å². The minimum absolute atomic E-state index is 0.0801. The summed E-state index contributed by atoms with van der Waals surface area (Å²) in [4.78, 5) is 10.1. The van der Waals surface area contributed by atoms with Crippen molar-refractivity contribution in [3.05, 3.63) is 34.4 Å². The van der Waals surface area contributed by atoms with Gasteiger partial charge in [0.15, 0.2) is 0 Å². The Morgan fingerprint density at radius 3 is 2.63 bits per heavy atom. The summed E-state index contributed by atoms with van der Waals surface area (Å²) in [6.45, 7) is 4.52. The lowest BCUT2D eigenvalue weighted by atomic mass is 10.3. The molecule has 0 aliphatic carbocycles. The first-order chi connectivity index (χ1) is 9.13. The second-order valence-corrected chi connectivity index (χ2v) is 5.46. The van der Waals surface area contributed by atoms with E-state index in [2.05, 4.69) is 18.5 Å². The maximum absolute atomic E-state index is 10.5. The molecular formula is C13H20N2O3S. The van der Waals surface area contributed by atoms with Crippen molar-refractivity contribution in [2.24, 2.45) is 0 Å². The zero-order valence-electron chi connectivity index (χ0n) is 11.3. The smallest absolute Gasteiger partial charge is 0.269 e. The van der Waals surface area contributed by atoms with E-state index in [-0.39, 0.29) is 5.69 Å². The number of hydrogen-bond donors (Lipinski definition) is 1. The average Bonchev–Trinajstić information content (AvgIpc) is 2.42. The lowest BCUT2D eigenvalue weighted by Gasteiger charge is -2.10. The molecule has 1 N–H and O–H groups in total. The molecule has 0 bridgehead atoms. The molecule has 106 valence electrons. The highest BCUT2D eigenvalue weighted by Gasteiger charge is 2.04. The van der Waals surface area contributed by atoms with Gasteiger partial charge in [0.2, 0.25) is 0 Å². The van der Waals surface area contributed by atoms with Crippen LogP contribution in [0.15, 0.2) is 24.3 Å². The fraction of sp³-hybridized carbons (Fsp3) is 0.538. The van der Waals surface area contributed by atoms with E-state index in [1.54, 1.807) is 12.1 Å². The molecule has 0 saturated heterocycles. The third kappa shape index (κ3) is 6.45. The van der Waals surface area contributed by atoms with Gasteiger partial charge in [-0.15, -0.1) is 0 Å². The van der Waals surface area contributed by atoms with Crippen LogP contribution in [0.4, 0.5) is 5.69 Å². The normalized spacial score (nSPS) is 12.1. The second-order valence-electron chi connectivity index (χ2n) is 4.18. The van der Waals surface area contributed by atoms with Crippen LogP contribution >= 0.6 is 11.8 Å². The molecule has 0 fully saturated rings. The number of benzene rings is 1. The topological polar surface area (TPSA) is 64.4 Å². The Kier molecular flexibility index (Phi) is 7.28. The summed E-state index contributed by atoms with van der Waals surface area (Å²) in [5.74, 6) is 0.657. The fourth-order valence-electron chi connectivity index (χ4n) is 1.45. The molecule has 0 radical (unpaired) electrons. The van der Waals surface area contributed by atoms with Gasteiger partial charge in [-0.3, -0.25) is 10.1 Å². The Morgan fingerprint density at radius 2 is 2.05 bits per heavy atom. The van der Waals surface area contributed by atoms with E-state index in [1.165, 1.54) is 12.1 Å². The van der Waals surface area contributed by atoms with Crippen molar-refractivity contribution in [3.8, 4) is 5.75 Å². The van der Waals surface area contributed by atoms with Gasteiger partial charge in [0.05, 0.1) is 4.92 Å². The molecule has 6 heteroatoms. The van der Waals surface area contributed by atoms with Crippen LogP contribution in [0, 0.1) is 10.1 Å². The highest BCUT2D eigenvalue weighted by molar-refractivity contribution is 7.99. The Balaban J connectivity index is 2.14. The summed E-state index contributed by atoms with van der Waals surface area (Å²) in [5.41, 5.74) is 0.0801. The maximum atomic E-state index is 10.5. The zero-order chi connectivity index (χ0) is 14.1. The summed E-state index contributed by atoms with van der Waals surface area (Å²) in [6.07, 6.45) is 3.25. The number of rotatable bonds is 9. The van der Waals surface area contributed by atoms with Crippen LogP contribution in [0.3, 0.4) is 0 Å². The first kappa shape index (κ1) is 15.8. The van der Waals surface area contributed by atoms with Crippen LogP contribution in [0.2, 0.25) is 0 Å². The standard InChI is InChI=1S/C13H20N2O3S/c1-11(19-2)7-8-14-9-10-18-13-5-3-12(4-6-13)15(16)17/h3-6,11,14H,7-10H2,1-2H3. The molecule has 19 heavy (non-hydrogen) atoms. The van der Waals surface area contributed by atoms with E-state index in [4.69, 9.17) is 4.74 Å². The summed E-state index contributed by atoms with van der Waals surface area (Å²) in [5, 5.41) is 14.5. The molecule has 0 amide bonds. The van der Waals surface area contributed by atoms with Crippen molar-refractivity contribution in [2.75, 3.05) is 26.0 Å². The van der Waals surface area contributed by atoms with Crippen LogP contribution in [0.1, 0.15) is 13.3 Å². The van der Waals surface area contributed by atoms with Gasteiger partial charge in [-0.05, 0) is 31.4 Å². The molecule has 0 heterocycles. The number of ether oxygens (including phenoxy) is 1. The molecule has 1 rings (SSSR count). The van der Waals surface area contributed by atoms with Crippen molar-refractivity contribution < 1.29 is 9.66 Å². The molecule has 1 aromatic rings. The van der Waals surface area contributed by atoms with Crippen LogP contribution in [0.5, 0.6) is 5.75 Å². The Hall–Kier alpha value is -1.27. The molecule has 1 unspecified atom stereocenters. The molecule has 0 aliphatic rings. The van der Waals surface area contributed by atoms with Crippen molar-refractivity contribution in [1.82, 2.24) is 5.32 Å². The van der Waals surface area contributed by atoms with Gasteiger partial charge in [0.25, 0.3) is 5.69 Å². The van der Waals surface area contributed by atoms with Crippen LogP contribution < -0.4 is 10.1 Å². The van der Waals surface area contributed by atoms with E-state index in [9.17, 15) is 10.1 Å².